The highest BCUT2D eigenvalue weighted by atomic mass is 19.4. The van der Waals surface area contributed by atoms with Gasteiger partial charge in [-0.2, -0.15) is 36.4 Å². The van der Waals surface area contributed by atoms with Crippen molar-refractivity contribution >= 4 is 22.8 Å². The summed E-state index contributed by atoms with van der Waals surface area (Å²) in [5.74, 6) is -0.237. The summed E-state index contributed by atoms with van der Waals surface area (Å²) >= 11 is 0. The molecule has 0 radical (unpaired) electrons. The fraction of sp³-hybridized carbons (Fsp3) is 0.500. The van der Waals surface area contributed by atoms with Crippen LogP contribution in [0, 0.1) is 0 Å². The van der Waals surface area contributed by atoms with E-state index in [1.54, 1.807) is 0 Å². The zero-order valence-electron chi connectivity index (χ0n) is 18.5. The van der Waals surface area contributed by atoms with Crippen LogP contribution in [0.3, 0.4) is 0 Å². The number of ether oxygens (including phenoxy) is 1. The molecule has 10 nitrogen and oxygen atoms in total. The van der Waals surface area contributed by atoms with Crippen molar-refractivity contribution in [2.45, 2.75) is 25.3 Å². The first-order valence-electron chi connectivity index (χ1n) is 10.7. The number of H-pyrrole nitrogens is 1. The van der Waals surface area contributed by atoms with Crippen LogP contribution in [0.2, 0.25) is 0 Å². The first-order chi connectivity index (χ1) is 16.9. The molecule has 0 atom stereocenters. The number of oxazole rings is 1. The van der Waals surface area contributed by atoms with Gasteiger partial charge in [0.2, 0.25) is 5.91 Å². The fourth-order valence-corrected chi connectivity index (χ4v) is 3.83. The van der Waals surface area contributed by atoms with E-state index in [1.165, 1.54) is 14.4 Å². The maximum absolute atomic E-state index is 13.3. The van der Waals surface area contributed by atoms with Crippen molar-refractivity contribution in [3.05, 3.63) is 40.3 Å². The highest BCUT2D eigenvalue weighted by Gasteiger charge is 2.37. The summed E-state index contributed by atoms with van der Waals surface area (Å²) in [6.45, 7) is 0.970. The van der Waals surface area contributed by atoms with E-state index >= 15 is 0 Å². The van der Waals surface area contributed by atoms with Gasteiger partial charge in [-0.3, -0.25) is 9.59 Å². The average molecular weight is 522 g/mol. The molecule has 3 aromatic heterocycles. The summed E-state index contributed by atoms with van der Waals surface area (Å²) in [5.41, 5.74) is -3.14. The molecule has 1 aliphatic rings. The van der Waals surface area contributed by atoms with Gasteiger partial charge in [-0.15, -0.1) is 0 Å². The molecule has 3 aromatic rings. The molecule has 1 aliphatic heterocycles. The van der Waals surface area contributed by atoms with Crippen molar-refractivity contribution < 1.29 is 40.3 Å². The number of nitrogens with one attached hydrogen (secondary N) is 1. The van der Waals surface area contributed by atoms with E-state index in [1.807, 2.05) is 5.10 Å². The van der Waals surface area contributed by atoms with Crippen molar-refractivity contribution in [2.24, 2.45) is 0 Å². The third kappa shape index (κ3) is 5.47. The lowest BCUT2D eigenvalue weighted by atomic mass is 10.2. The molecular weight excluding hydrogens is 502 g/mol. The Morgan fingerprint density at radius 2 is 1.81 bits per heavy atom. The average Bonchev–Trinajstić information content (AvgIpc) is 3.45. The monoisotopic (exact) mass is 522 g/mol. The molecule has 0 unspecified atom stereocenters. The Bertz CT molecular complexity index is 1270. The van der Waals surface area contributed by atoms with E-state index in [2.05, 4.69) is 10.1 Å². The third-order valence-corrected chi connectivity index (χ3v) is 5.63. The Labute approximate surface area is 198 Å². The van der Waals surface area contributed by atoms with Crippen molar-refractivity contribution in [2.75, 3.05) is 44.3 Å². The molecule has 0 spiro atoms. The Kier molecular flexibility index (Phi) is 6.97. The topological polar surface area (TPSA) is 109 Å². The number of aromatic nitrogens is 4. The number of hydrogen-bond acceptors (Lipinski definition) is 7. The van der Waals surface area contributed by atoms with Gasteiger partial charge >= 0.3 is 12.4 Å². The minimum absolute atomic E-state index is 0.000634. The number of piperazine rings is 1. The Hall–Kier alpha value is -3.56. The van der Waals surface area contributed by atoms with Crippen LogP contribution < -0.4 is 10.5 Å². The number of halogens is 6. The van der Waals surface area contributed by atoms with Crippen molar-refractivity contribution in [1.29, 1.82) is 0 Å². The fourth-order valence-electron chi connectivity index (χ4n) is 3.83. The van der Waals surface area contributed by atoms with Crippen LogP contribution in [0.5, 0.6) is 0 Å². The van der Waals surface area contributed by atoms with Crippen LogP contribution in [0.4, 0.5) is 32.4 Å². The molecule has 1 amide bonds. The van der Waals surface area contributed by atoms with Crippen LogP contribution in [-0.2, 0) is 28.4 Å². The predicted octanol–water partition coefficient (Wildman–Crippen LogP) is 2.51. The number of carbonyl (C=O) groups excluding carboxylic acids is 1. The summed E-state index contributed by atoms with van der Waals surface area (Å²) < 4.78 is 89.3. The minimum Gasteiger partial charge on any atom is -0.431 e. The second-order valence-corrected chi connectivity index (χ2v) is 7.94. The molecule has 36 heavy (non-hydrogen) atoms. The number of nitrogens with zero attached hydrogens (tertiary/aromatic N) is 5. The molecule has 1 N–H and O–H groups in total. The number of carbonyl (C=O) groups is 1. The number of fused-ring (bicyclic) bond motifs is 1. The second kappa shape index (κ2) is 9.83. The Morgan fingerprint density at radius 3 is 2.44 bits per heavy atom. The smallest absolute Gasteiger partial charge is 0.431 e. The van der Waals surface area contributed by atoms with Crippen LogP contribution in [0.25, 0.3) is 10.9 Å². The molecule has 0 aromatic carbocycles. The standard InChI is InChI=1S/C20H20F6N6O4/c21-19(22,23)12-10-32(13-9-27-29-17(34)16(12)13)6-8-35-7-1-15(33)30-2-4-31(5-3-30)18-28-14(11-36-18)20(24,25)26/h9-11H,1-8H2,(H,29,34). The van der Waals surface area contributed by atoms with Crippen molar-refractivity contribution in [3.8, 4) is 0 Å². The minimum atomic E-state index is -4.72. The van der Waals surface area contributed by atoms with E-state index in [4.69, 9.17) is 9.15 Å². The SMILES string of the molecule is O=C(CCOCCn1cc(C(F)(F)F)c2c(=O)[nH]ncc21)N1CCN(c2nc(C(F)(F)F)co2)CC1. The number of rotatable bonds is 7. The van der Waals surface area contributed by atoms with Gasteiger partial charge in [-0.25, -0.2) is 5.10 Å². The summed E-state index contributed by atoms with van der Waals surface area (Å²) in [6, 6.07) is -0.166. The summed E-state index contributed by atoms with van der Waals surface area (Å²) in [6.07, 6.45) is -6.83. The maximum Gasteiger partial charge on any atom is 0.436 e. The normalized spacial score (nSPS) is 15.2. The summed E-state index contributed by atoms with van der Waals surface area (Å²) in [7, 11) is 0. The molecule has 4 heterocycles. The number of alkyl halides is 6. The first-order valence-corrected chi connectivity index (χ1v) is 10.7. The lowest BCUT2D eigenvalue weighted by molar-refractivity contribution is -0.141. The van der Waals surface area contributed by atoms with Gasteiger partial charge in [0.15, 0.2) is 5.69 Å². The quantitative estimate of drug-likeness (QED) is 0.375. The largest absolute Gasteiger partial charge is 0.436 e. The van der Waals surface area contributed by atoms with Crippen LogP contribution >= 0.6 is 0 Å². The molecule has 16 heteroatoms. The zero-order chi connectivity index (χ0) is 26.1. The first kappa shape index (κ1) is 25.5. The van der Waals surface area contributed by atoms with Gasteiger partial charge in [0, 0.05) is 38.9 Å². The zero-order valence-corrected chi connectivity index (χ0v) is 18.5. The molecule has 0 saturated carbocycles. The number of hydrogen-bond donors (Lipinski definition) is 1. The highest BCUT2D eigenvalue weighted by molar-refractivity contribution is 5.82. The van der Waals surface area contributed by atoms with E-state index in [0.29, 0.717) is 6.26 Å². The highest BCUT2D eigenvalue weighted by Crippen LogP contribution is 2.34. The van der Waals surface area contributed by atoms with Gasteiger partial charge in [0.1, 0.15) is 6.26 Å². The molecule has 1 fully saturated rings. The molecule has 1 saturated heterocycles. The molecular formula is C20H20F6N6O4. The maximum atomic E-state index is 13.3. The van der Waals surface area contributed by atoms with E-state index in [9.17, 15) is 35.9 Å². The van der Waals surface area contributed by atoms with E-state index in [0.717, 1.165) is 12.4 Å². The van der Waals surface area contributed by atoms with Gasteiger partial charge in [-0.1, -0.05) is 0 Å². The van der Waals surface area contributed by atoms with Gasteiger partial charge in [0.05, 0.1) is 42.3 Å². The Balaban J connectivity index is 1.23. The van der Waals surface area contributed by atoms with Crippen LogP contribution in [0.15, 0.2) is 27.9 Å². The Morgan fingerprint density at radius 1 is 1.08 bits per heavy atom. The van der Waals surface area contributed by atoms with Gasteiger partial charge < -0.3 is 23.5 Å². The molecule has 196 valence electrons. The summed E-state index contributed by atoms with van der Waals surface area (Å²) in [5, 5.41) is 5.03. The lowest BCUT2D eigenvalue weighted by Gasteiger charge is -2.33. The number of amides is 1. The van der Waals surface area contributed by atoms with E-state index in [-0.39, 0.29) is 69.8 Å². The third-order valence-electron chi connectivity index (χ3n) is 5.63. The van der Waals surface area contributed by atoms with Crippen LogP contribution in [-0.4, -0.2) is 69.9 Å². The molecule has 0 bridgehead atoms. The van der Waals surface area contributed by atoms with E-state index < -0.39 is 34.6 Å². The van der Waals surface area contributed by atoms with Crippen molar-refractivity contribution in [3.63, 3.8) is 0 Å². The summed E-state index contributed by atoms with van der Waals surface area (Å²) in [4.78, 5) is 30.7. The molecule has 4 rings (SSSR count). The van der Waals surface area contributed by atoms with Gasteiger partial charge in [0.25, 0.3) is 11.6 Å². The second-order valence-electron chi connectivity index (χ2n) is 7.94. The number of anilines is 1. The predicted molar refractivity (Wildman–Crippen MR) is 111 cm³/mol. The van der Waals surface area contributed by atoms with Crippen LogP contribution in [0.1, 0.15) is 17.7 Å². The molecule has 0 aliphatic carbocycles. The number of aromatic amines is 1. The lowest BCUT2D eigenvalue weighted by Crippen LogP contribution is -2.49. The van der Waals surface area contributed by atoms with Crippen molar-refractivity contribution in [1.82, 2.24) is 24.6 Å². The van der Waals surface area contributed by atoms with Gasteiger partial charge in [-0.05, 0) is 0 Å².